The summed E-state index contributed by atoms with van der Waals surface area (Å²) in [4.78, 5) is 11.3. The topological polar surface area (TPSA) is 84.5 Å². The van der Waals surface area contributed by atoms with E-state index >= 15 is 0 Å². The van der Waals surface area contributed by atoms with Gasteiger partial charge in [0.15, 0.2) is 0 Å². The number of hydrogen-bond acceptors (Lipinski definition) is 6. The number of nitrogens with two attached hydrogens (primary N) is 1. The molecule has 1 saturated heterocycles. The molecule has 6 nitrogen and oxygen atoms in total. The molecule has 1 saturated carbocycles. The predicted molar refractivity (Wildman–Crippen MR) is 76.8 cm³/mol. The van der Waals surface area contributed by atoms with Crippen LogP contribution in [0.4, 0.5) is 11.6 Å². The van der Waals surface area contributed by atoms with E-state index in [0.717, 1.165) is 36.6 Å². The van der Waals surface area contributed by atoms with Crippen LogP contribution in [0.1, 0.15) is 37.1 Å². The van der Waals surface area contributed by atoms with Gasteiger partial charge in [-0.1, -0.05) is 0 Å². The summed E-state index contributed by atoms with van der Waals surface area (Å²) in [5.74, 6) is 2.80. The summed E-state index contributed by atoms with van der Waals surface area (Å²) in [5.41, 5.74) is 6.95. The lowest BCUT2D eigenvalue weighted by Crippen LogP contribution is -2.48. The van der Waals surface area contributed by atoms with E-state index in [9.17, 15) is 5.11 Å². The maximum absolute atomic E-state index is 9.34. The van der Waals surface area contributed by atoms with Crippen molar-refractivity contribution in [2.45, 2.75) is 44.8 Å². The van der Waals surface area contributed by atoms with Crippen LogP contribution in [0.2, 0.25) is 0 Å². The van der Waals surface area contributed by atoms with Crippen LogP contribution in [0.5, 0.6) is 0 Å². The van der Waals surface area contributed by atoms with E-state index in [2.05, 4.69) is 9.88 Å². The Labute approximate surface area is 119 Å². The standard InChI is InChI=1S/C14H22N4O2/c1-8-5-18(6-11(7-19)20-8)14-9(2)12(15)16-13(17-14)10-3-4-10/h8,10-11,19H,3-7H2,1-2H3,(H2,15,16,17). The molecule has 20 heavy (non-hydrogen) atoms. The molecular formula is C14H22N4O2. The first-order valence-electron chi connectivity index (χ1n) is 7.23. The lowest BCUT2D eigenvalue weighted by Gasteiger charge is -2.37. The molecule has 2 aliphatic rings. The number of anilines is 2. The van der Waals surface area contributed by atoms with E-state index in [-0.39, 0.29) is 18.8 Å². The zero-order valence-electron chi connectivity index (χ0n) is 12.0. The lowest BCUT2D eigenvalue weighted by atomic mass is 10.2. The minimum Gasteiger partial charge on any atom is -0.394 e. The summed E-state index contributed by atoms with van der Waals surface area (Å²) in [6.07, 6.45) is 2.21. The second-order valence-electron chi connectivity index (χ2n) is 5.85. The van der Waals surface area contributed by atoms with Crippen molar-refractivity contribution in [1.82, 2.24) is 9.97 Å². The maximum Gasteiger partial charge on any atom is 0.137 e. The van der Waals surface area contributed by atoms with Gasteiger partial charge in [0.05, 0.1) is 18.8 Å². The minimum absolute atomic E-state index is 0.0237. The molecule has 3 rings (SSSR count). The molecule has 1 aromatic heterocycles. The predicted octanol–water partition coefficient (Wildman–Crippen LogP) is 0.831. The van der Waals surface area contributed by atoms with Gasteiger partial charge in [0, 0.05) is 24.6 Å². The Hall–Kier alpha value is -1.40. The minimum atomic E-state index is -0.168. The van der Waals surface area contributed by atoms with Gasteiger partial charge >= 0.3 is 0 Å². The van der Waals surface area contributed by atoms with E-state index in [0.29, 0.717) is 18.3 Å². The molecule has 0 radical (unpaired) electrons. The molecule has 1 aliphatic heterocycles. The van der Waals surface area contributed by atoms with Gasteiger partial charge in [0.1, 0.15) is 17.5 Å². The smallest absolute Gasteiger partial charge is 0.137 e. The number of morpholine rings is 1. The van der Waals surface area contributed by atoms with Crippen LogP contribution < -0.4 is 10.6 Å². The third kappa shape index (κ3) is 2.58. The highest BCUT2D eigenvalue weighted by molar-refractivity contribution is 5.57. The molecule has 2 fully saturated rings. The Balaban J connectivity index is 1.91. The van der Waals surface area contributed by atoms with Crippen LogP contribution in [0, 0.1) is 6.92 Å². The van der Waals surface area contributed by atoms with Gasteiger partial charge in [0.2, 0.25) is 0 Å². The second-order valence-corrected chi connectivity index (χ2v) is 5.85. The van der Waals surface area contributed by atoms with E-state index in [1.807, 2.05) is 13.8 Å². The Bertz CT molecular complexity index is 504. The molecule has 0 aromatic carbocycles. The van der Waals surface area contributed by atoms with Gasteiger partial charge in [-0.05, 0) is 26.7 Å². The number of aliphatic hydroxyl groups is 1. The van der Waals surface area contributed by atoms with Crippen molar-refractivity contribution in [3.05, 3.63) is 11.4 Å². The molecule has 6 heteroatoms. The summed E-state index contributed by atoms with van der Waals surface area (Å²) in [6, 6.07) is 0. The van der Waals surface area contributed by atoms with Gasteiger partial charge in [0.25, 0.3) is 0 Å². The Morgan fingerprint density at radius 3 is 2.75 bits per heavy atom. The number of nitrogens with zero attached hydrogens (tertiary/aromatic N) is 3. The van der Waals surface area contributed by atoms with Crippen molar-refractivity contribution in [3.8, 4) is 0 Å². The molecule has 2 atom stereocenters. The molecule has 0 amide bonds. The van der Waals surface area contributed by atoms with Gasteiger partial charge in [-0.25, -0.2) is 9.97 Å². The normalized spacial score (nSPS) is 26.9. The van der Waals surface area contributed by atoms with Crippen LogP contribution in [0.25, 0.3) is 0 Å². The first kappa shape index (κ1) is 13.6. The fraction of sp³-hybridized carbons (Fsp3) is 0.714. The van der Waals surface area contributed by atoms with E-state index in [4.69, 9.17) is 15.5 Å². The fourth-order valence-corrected chi connectivity index (χ4v) is 2.69. The van der Waals surface area contributed by atoms with Crippen molar-refractivity contribution in [3.63, 3.8) is 0 Å². The van der Waals surface area contributed by atoms with Gasteiger partial charge in [-0.2, -0.15) is 0 Å². The van der Waals surface area contributed by atoms with Gasteiger partial charge < -0.3 is 20.5 Å². The second kappa shape index (κ2) is 5.18. The van der Waals surface area contributed by atoms with Gasteiger partial charge in [-0.15, -0.1) is 0 Å². The average Bonchev–Trinajstić information content (AvgIpc) is 3.25. The lowest BCUT2D eigenvalue weighted by molar-refractivity contribution is -0.0423. The monoisotopic (exact) mass is 278 g/mol. The summed E-state index contributed by atoms with van der Waals surface area (Å²) in [7, 11) is 0. The number of rotatable bonds is 3. The molecule has 110 valence electrons. The van der Waals surface area contributed by atoms with Crippen LogP contribution in [0.3, 0.4) is 0 Å². The molecular weight excluding hydrogens is 256 g/mol. The van der Waals surface area contributed by atoms with E-state index in [1.165, 1.54) is 0 Å². The third-order valence-corrected chi connectivity index (χ3v) is 3.95. The van der Waals surface area contributed by atoms with Gasteiger partial charge in [-0.3, -0.25) is 0 Å². The van der Waals surface area contributed by atoms with Crippen molar-refractivity contribution in [2.24, 2.45) is 0 Å². The van der Waals surface area contributed by atoms with E-state index < -0.39 is 0 Å². The largest absolute Gasteiger partial charge is 0.394 e. The molecule has 2 unspecified atom stereocenters. The summed E-state index contributed by atoms with van der Waals surface area (Å²) in [5, 5.41) is 9.34. The number of aliphatic hydroxyl groups excluding tert-OH is 1. The van der Waals surface area contributed by atoms with Crippen LogP contribution >= 0.6 is 0 Å². The zero-order valence-corrected chi connectivity index (χ0v) is 12.0. The number of aromatic nitrogens is 2. The van der Waals surface area contributed by atoms with Crippen molar-refractivity contribution < 1.29 is 9.84 Å². The van der Waals surface area contributed by atoms with Crippen LogP contribution in [0.15, 0.2) is 0 Å². The number of nitrogen functional groups attached to an aromatic ring is 1. The molecule has 1 aliphatic carbocycles. The molecule has 3 N–H and O–H groups in total. The molecule has 0 bridgehead atoms. The average molecular weight is 278 g/mol. The Morgan fingerprint density at radius 1 is 1.35 bits per heavy atom. The summed E-state index contributed by atoms with van der Waals surface area (Å²) < 4.78 is 5.68. The summed E-state index contributed by atoms with van der Waals surface area (Å²) in [6.45, 7) is 5.39. The molecule has 2 heterocycles. The highest BCUT2D eigenvalue weighted by atomic mass is 16.5. The number of hydrogen-bond donors (Lipinski definition) is 2. The fourth-order valence-electron chi connectivity index (χ4n) is 2.69. The first-order chi connectivity index (χ1) is 9.58. The molecule has 0 spiro atoms. The Morgan fingerprint density at radius 2 is 2.10 bits per heavy atom. The summed E-state index contributed by atoms with van der Waals surface area (Å²) >= 11 is 0. The third-order valence-electron chi connectivity index (χ3n) is 3.95. The highest BCUT2D eigenvalue weighted by Crippen LogP contribution is 2.39. The highest BCUT2D eigenvalue weighted by Gasteiger charge is 2.31. The SMILES string of the molecule is Cc1c(N)nc(C2CC2)nc1N1CC(C)OC(CO)C1. The van der Waals surface area contributed by atoms with Crippen LogP contribution in [-0.2, 0) is 4.74 Å². The zero-order chi connectivity index (χ0) is 14.3. The number of ether oxygens (including phenoxy) is 1. The van der Waals surface area contributed by atoms with Crippen molar-refractivity contribution in [2.75, 3.05) is 30.3 Å². The van der Waals surface area contributed by atoms with Crippen LogP contribution in [-0.4, -0.2) is 47.0 Å². The maximum atomic E-state index is 9.34. The first-order valence-corrected chi connectivity index (χ1v) is 7.23. The van der Waals surface area contributed by atoms with Crippen molar-refractivity contribution >= 4 is 11.6 Å². The Kier molecular flexibility index (Phi) is 3.52. The van der Waals surface area contributed by atoms with Crippen molar-refractivity contribution in [1.29, 1.82) is 0 Å². The molecule has 1 aromatic rings. The van der Waals surface area contributed by atoms with E-state index in [1.54, 1.807) is 0 Å². The quantitative estimate of drug-likeness (QED) is 0.852.